The maximum Gasteiger partial charge on any atom is 0.273 e. The summed E-state index contributed by atoms with van der Waals surface area (Å²) in [5, 5.41) is 12.8. The lowest BCUT2D eigenvalue weighted by Gasteiger charge is -2.27. The molecule has 1 unspecified atom stereocenters. The second kappa shape index (κ2) is 4.62. The molecule has 0 saturated heterocycles. The monoisotopic (exact) mass is 274 g/mol. The Morgan fingerprint density at radius 2 is 1.67 bits per heavy atom. The molecule has 0 aliphatic carbocycles. The number of aromatic nitrogens is 3. The van der Waals surface area contributed by atoms with E-state index in [1.807, 2.05) is 27.7 Å². The van der Waals surface area contributed by atoms with Gasteiger partial charge in [-0.3, -0.25) is 4.57 Å². The van der Waals surface area contributed by atoms with Crippen LogP contribution in [-0.2, 0) is 15.6 Å². The van der Waals surface area contributed by atoms with Crippen molar-refractivity contribution in [2.75, 3.05) is 0 Å². The molecule has 0 amide bonds. The van der Waals surface area contributed by atoms with Crippen molar-refractivity contribution >= 4 is 10.0 Å². The highest BCUT2D eigenvalue weighted by molar-refractivity contribution is 7.89. The summed E-state index contributed by atoms with van der Waals surface area (Å²) in [4.78, 5) is 0. The number of hydrogen-bond acceptors (Lipinski definition) is 4. The van der Waals surface area contributed by atoms with Gasteiger partial charge in [0.05, 0.1) is 0 Å². The average Bonchev–Trinajstić information content (AvgIpc) is 2.58. The summed E-state index contributed by atoms with van der Waals surface area (Å²) in [5.41, 5.74) is -0.441. The fourth-order valence-electron chi connectivity index (χ4n) is 1.69. The smallest absolute Gasteiger partial charge is 0.273 e. The van der Waals surface area contributed by atoms with E-state index in [9.17, 15) is 8.42 Å². The van der Waals surface area contributed by atoms with Gasteiger partial charge in [-0.05, 0) is 26.7 Å². The third-order valence-corrected chi connectivity index (χ3v) is 3.76. The molecule has 1 aromatic rings. The Hall–Kier alpha value is -0.950. The summed E-state index contributed by atoms with van der Waals surface area (Å²) >= 11 is 0. The predicted octanol–water partition coefficient (Wildman–Crippen LogP) is 1.44. The number of sulfonamides is 1. The highest BCUT2D eigenvalue weighted by Crippen LogP contribution is 2.28. The van der Waals surface area contributed by atoms with Gasteiger partial charge in [-0.15, -0.1) is 10.2 Å². The van der Waals surface area contributed by atoms with E-state index in [-0.39, 0.29) is 11.1 Å². The molecule has 0 aliphatic heterocycles. The molecule has 7 heteroatoms. The summed E-state index contributed by atoms with van der Waals surface area (Å²) in [6.07, 6.45) is 0. The van der Waals surface area contributed by atoms with Gasteiger partial charge in [0, 0.05) is 11.5 Å². The van der Waals surface area contributed by atoms with Crippen LogP contribution in [-0.4, -0.2) is 23.2 Å². The van der Waals surface area contributed by atoms with Crippen LogP contribution in [0.4, 0.5) is 0 Å². The Bertz CT molecular complexity index is 526. The molecule has 1 atom stereocenters. The van der Waals surface area contributed by atoms with Gasteiger partial charge in [0.1, 0.15) is 5.82 Å². The molecule has 0 saturated carbocycles. The van der Waals surface area contributed by atoms with Crippen molar-refractivity contribution in [2.45, 2.75) is 58.2 Å². The van der Waals surface area contributed by atoms with Gasteiger partial charge in [0.15, 0.2) is 0 Å². The minimum atomic E-state index is -3.87. The summed E-state index contributed by atoms with van der Waals surface area (Å²) in [6.45, 7) is 11.8. The van der Waals surface area contributed by atoms with Crippen molar-refractivity contribution in [1.82, 2.24) is 14.8 Å². The fourth-order valence-corrected chi connectivity index (χ4v) is 2.47. The number of nitrogens with two attached hydrogens (primary N) is 1. The zero-order valence-corrected chi connectivity index (χ0v) is 12.6. The molecular weight excluding hydrogens is 252 g/mol. The molecule has 0 aliphatic rings. The summed E-state index contributed by atoms with van der Waals surface area (Å²) < 4.78 is 24.7. The van der Waals surface area contributed by atoms with Crippen molar-refractivity contribution in [3.8, 4) is 0 Å². The Kier molecular flexibility index (Phi) is 3.88. The van der Waals surface area contributed by atoms with E-state index in [4.69, 9.17) is 5.14 Å². The van der Waals surface area contributed by atoms with Crippen LogP contribution in [0.5, 0.6) is 0 Å². The summed E-state index contributed by atoms with van der Waals surface area (Å²) in [7, 11) is -3.87. The predicted molar refractivity (Wildman–Crippen MR) is 69.6 cm³/mol. The van der Waals surface area contributed by atoms with Gasteiger partial charge in [-0.2, -0.15) is 0 Å². The number of hydrogen-bond donors (Lipinski definition) is 1. The van der Waals surface area contributed by atoms with Gasteiger partial charge in [-0.1, -0.05) is 20.8 Å². The molecule has 1 rings (SSSR count). The zero-order valence-electron chi connectivity index (χ0n) is 11.8. The highest BCUT2D eigenvalue weighted by atomic mass is 32.2. The molecule has 0 aromatic carbocycles. The van der Waals surface area contributed by atoms with Crippen LogP contribution in [0.1, 0.15) is 53.3 Å². The lowest BCUT2D eigenvalue weighted by molar-refractivity contribution is 0.332. The maximum absolute atomic E-state index is 11.6. The van der Waals surface area contributed by atoms with Crippen LogP contribution in [0, 0.1) is 5.92 Å². The van der Waals surface area contributed by atoms with E-state index in [1.165, 1.54) is 0 Å². The first-order valence-corrected chi connectivity index (χ1v) is 7.49. The van der Waals surface area contributed by atoms with Crippen LogP contribution in [0.2, 0.25) is 0 Å². The van der Waals surface area contributed by atoms with Crippen molar-refractivity contribution in [3.05, 3.63) is 5.82 Å². The molecule has 0 radical (unpaired) electrons. The molecule has 0 fully saturated rings. The Labute approximate surface area is 109 Å². The first kappa shape index (κ1) is 15.1. The van der Waals surface area contributed by atoms with Crippen molar-refractivity contribution < 1.29 is 8.42 Å². The van der Waals surface area contributed by atoms with Crippen LogP contribution < -0.4 is 5.14 Å². The second-order valence-corrected chi connectivity index (χ2v) is 7.38. The summed E-state index contributed by atoms with van der Waals surface area (Å²) in [5.74, 6) is 1.09. The summed E-state index contributed by atoms with van der Waals surface area (Å²) in [6, 6.07) is 0. The molecule has 2 N–H and O–H groups in total. The normalized spacial score (nSPS) is 15.1. The van der Waals surface area contributed by atoms with Crippen LogP contribution in [0.25, 0.3) is 0 Å². The lowest BCUT2D eigenvalue weighted by Crippen LogP contribution is -2.31. The van der Waals surface area contributed by atoms with E-state index in [0.717, 1.165) is 0 Å². The average molecular weight is 274 g/mol. The zero-order chi connectivity index (χ0) is 14.3. The van der Waals surface area contributed by atoms with E-state index in [2.05, 4.69) is 24.0 Å². The van der Waals surface area contributed by atoms with Crippen molar-refractivity contribution in [1.29, 1.82) is 0 Å². The molecule has 18 heavy (non-hydrogen) atoms. The van der Waals surface area contributed by atoms with Crippen molar-refractivity contribution in [2.24, 2.45) is 11.1 Å². The van der Waals surface area contributed by atoms with E-state index < -0.39 is 15.6 Å². The highest BCUT2D eigenvalue weighted by Gasteiger charge is 2.31. The Morgan fingerprint density at radius 3 is 2.00 bits per heavy atom. The van der Waals surface area contributed by atoms with Crippen molar-refractivity contribution in [3.63, 3.8) is 0 Å². The van der Waals surface area contributed by atoms with Gasteiger partial charge in [0.2, 0.25) is 0 Å². The largest absolute Gasteiger partial charge is 0.295 e. The Balaban J connectivity index is 3.53. The SMILES string of the molecule is CC(C)C(C)c1nnc(S(N)(=O)=O)n1C(C)(C)C. The molecule has 1 aromatic heterocycles. The van der Waals surface area contributed by atoms with E-state index in [0.29, 0.717) is 11.7 Å². The van der Waals surface area contributed by atoms with Gasteiger partial charge in [0.25, 0.3) is 15.2 Å². The third-order valence-electron chi connectivity index (χ3n) is 2.99. The number of rotatable bonds is 3. The van der Waals surface area contributed by atoms with Gasteiger partial charge in [-0.25, -0.2) is 13.6 Å². The molecular formula is C11H22N4O2S. The first-order chi connectivity index (χ1) is 7.96. The Morgan fingerprint density at radius 1 is 1.17 bits per heavy atom. The molecule has 1 heterocycles. The van der Waals surface area contributed by atoms with Crippen LogP contribution in [0.15, 0.2) is 5.16 Å². The molecule has 0 bridgehead atoms. The second-order valence-electron chi connectivity index (χ2n) is 5.92. The minimum Gasteiger partial charge on any atom is -0.295 e. The minimum absolute atomic E-state index is 0.104. The van der Waals surface area contributed by atoms with E-state index >= 15 is 0 Å². The fraction of sp³-hybridized carbons (Fsp3) is 0.818. The quantitative estimate of drug-likeness (QED) is 0.902. The maximum atomic E-state index is 11.6. The number of nitrogens with zero attached hydrogens (tertiary/aromatic N) is 3. The van der Waals surface area contributed by atoms with Crippen LogP contribution in [0.3, 0.4) is 0 Å². The lowest BCUT2D eigenvalue weighted by atomic mass is 9.96. The molecule has 104 valence electrons. The van der Waals surface area contributed by atoms with Gasteiger partial charge < -0.3 is 0 Å². The standard InChI is InChI=1S/C11H22N4O2S/c1-7(2)8(3)9-13-14-10(18(12,16)17)15(9)11(4,5)6/h7-8H,1-6H3,(H2,12,16,17). The topological polar surface area (TPSA) is 90.9 Å². The first-order valence-electron chi connectivity index (χ1n) is 5.95. The molecule has 0 spiro atoms. The number of primary sulfonamides is 1. The van der Waals surface area contributed by atoms with Gasteiger partial charge >= 0.3 is 0 Å². The molecule has 6 nitrogen and oxygen atoms in total. The van der Waals surface area contributed by atoms with E-state index in [1.54, 1.807) is 4.57 Å². The van der Waals surface area contributed by atoms with Crippen LogP contribution >= 0.6 is 0 Å². The third kappa shape index (κ3) is 2.89.